The topological polar surface area (TPSA) is 56.8 Å². The first-order valence-corrected chi connectivity index (χ1v) is 8.63. The van der Waals surface area contributed by atoms with E-state index in [1.54, 1.807) is 7.11 Å². The van der Waals surface area contributed by atoms with E-state index in [4.69, 9.17) is 14.2 Å². The lowest BCUT2D eigenvalue weighted by atomic mass is 10.0. The molecule has 1 aliphatic heterocycles. The smallest absolute Gasteiger partial charge is 0.258 e. The molecule has 1 atom stereocenters. The fourth-order valence-electron chi connectivity index (χ4n) is 3.00. The van der Waals surface area contributed by atoms with Crippen LogP contribution in [0.25, 0.3) is 0 Å². The van der Waals surface area contributed by atoms with Gasteiger partial charge in [0.1, 0.15) is 5.75 Å². The summed E-state index contributed by atoms with van der Waals surface area (Å²) in [6.45, 7) is 4.24. The molecule has 1 N–H and O–H groups in total. The molecule has 1 amide bonds. The monoisotopic (exact) mass is 353 g/mol. The van der Waals surface area contributed by atoms with Gasteiger partial charge in [-0.05, 0) is 30.2 Å². The number of methoxy groups -OCH3 is 1. The van der Waals surface area contributed by atoms with Crippen molar-refractivity contribution in [2.45, 2.75) is 18.9 Å². The molecular formula is C21H23NO4. The molecule has 136 valence electrons. The molecule has 26 heavy (non-hydrogen) atoms. The van der Waals surface area contributed by atoms with Crippen molar-refractivity contribution in [3.05, 3.63) is 66.2 Å². The van der Waals surface area contributed by atoms with Crippen LogP contribution in [0.1, 0.15) is 23.6 Å². The van der Waals surface area contributed by atoms with Gasteiger partial charge in [0, 0.05) is 12.0 Å². The summed E-state index contributed by atoms with van der Waals surface area (Å²) in [6.07, 6.45) is 3.32. The second-order valence-corrected chi connectivity index (χ2v) is 6.06. The van der Waals surface area contributed by atoms with Crippen molar-refractivity contribution in [3.63, 3.8) is 0 Å². The number of para-hydroxylation sites is 1. The number of rotatable bonds is 7. The molecule has 0 radical (unpaired) electrons. The third-order valence-electron chi connectivity index (χ3n) is 4.26. The van der Waals surface area contributed by atoms with Crippen LogP contribution < -0.4 is 19.5 Å². The van der Waals surface area contributed by atoms with Crippen molar-refractivity contribution in [3.8, 4) is 17.2 Å². The van der Waals surface area contributed by atoms with E-state index < -0.39 is 0 Å². The summed E-state index contributed by atoms with van der Waals surface area (Å²) in [5, 5.41) is 3.02. The van der Waals surface area contributed by atoms with E-state index in [-0.39, 0.29) is 18.6 Å². The van der Waals surface area contributed by atoms with E-state index in [2.05, 4.69) is 11.9 Å². The molecule has 2 aromatic rings. The van der Waals surface area contributed by atoms with Gasteiger partial charge in [-0.25, -0.2) is 0 Å². The average Bonchev–Trinajstić information content (AvgIpc) is 2.67. The van der Waals surface area contributed by atoms with E-state index >= 15 is 0 Å². The van der Waals surface area contributed by atoms with Crippen molar-refractivity contribution in [1.82, 2.24) is 5.32 Å². The molecule has 5 nitrogen and oxygen atoms in total. The highest BCUT2D eigenvalue weighted by Crippen LogP contribution is 2.32. The first kappa shape index (κ1) is 17.9. The Kier molecular flexibility index (Phi) is 5.79. The average molecular weight is 353 g/mol. The zero-order valence-electron chi connectivity index (χ0n) is 14.9. The Hall–Kier alpha value is -2.95. The molecule has 0 saturated carbocycles. The lowest BCUT2D eigenvalue weighted by Crippen LogP contribution is -2.35. The fraction of sp³-hybridized carbons (Fsp3) is 0.286. The molecule has 0 unspecified atom stereocenters. The van der Waals surface area contributed by atoms with Gasteiger partial charge < -0.3 is 19.5 Å². The summed E-state index contributed by atoms with van der Waals surface area (Å²) >= 11 is 0. The minimum Gasteiger partial charge on any atom is -0.493 e. The van der Waals surface area contributed by atoms with E-state index in [1.165, 1.54) is 0 Å². The Morgan fingerprint density at radius 1 is 1.31 bits per heavy atom. The molecule has 0 spiro atoms. The zero-order chi connectivity index (χ0) is 18.4. The molecule has 1 aliphatic rings. The van der Waals surface area contributed by atoms with Gasteiger partial charge in [-0.2, -0.15) is 0 Å². The fourth-order valence-corrected chi connectivity index (χ4v) is 3.00. The molecule has 2 aromatic carbocycles. The summed E-state index contributed by atoms with van der Waals surface area (Å²) in [7, 11) is 1.58. The number of carbonyl (C=O) groups is 1. The van der Waals surface area contributed by atoms with Crippen molar-refractivity contribution < 1.29 is 19.0 Å². The summed E-state index contributed by atoms with van der Waals surface area (Å²) in [4.78, 5) is 12.3. The third-order valence-corrected chi connectivity index (χ3v) is 4.26. The standard InChI is InChI=1S/C21H23NO4/c1-3-6-15-9-10-19(20(13-15)24-2)26-14-21(23)22-17-11-12-25-18-8-5-4-7-16(17)18/h3-5,7-10,13,17H,1,6,11-12,14H2,2H3,(H,22,23)/t17-/m1/s1. The van der Waals surface area contributed by atoms with Crippen molar-refractivity contribution in [2.75, 3.05) is 20.3 Å². The van der Waals surface area contributed by atoms with Crippen LogP contribution in [0.4, 0.5) is 0 Å². The van der Waals surface area contributed by atoms with Crippen LogP contribution in [0.15, 0.2) is 55.1 Å². The van der Waals surface area contributed by atoms with Gasteiger partial charge in [0.05, 0.1) is 19.8 Å². The number of ether oxygens (including phenoxy) is 3. The molecule has 0 saturated heterocycles. The molecule has 5 heteroatoms. The van der Waals surface area contributed by atoms with E-state index in [9.17, 15) is 4.79 Å². The Labute approximate surface area is 153 Å². The van der Waals surface area contributed by atoms with Crippen molar-refractivity contribution >= 4 is 5.91 Å². The third kappa shape index (κ3) is 4.17. The highest BCUT2D eigenvalue weighted by Gasteiger charge is 2.22. The van der Waals surface area contributed by atoms with Gasteiger partial charge in [0.15, 0.2) is 18.1 Å². The largest absolute Gasteiger partial charge is 0.493 e. The second kappa shape index (κ2) is 8.43. The number of nitrogens with one attached hydrogen (secondary N) is 1. The maximum Gasteiger partial charge on any atom is 0.258 e. The Balaban J connectivity index is 1.61. The lowest BCUT2D eigenvalue weighted by molar-refractivity contribution is -0.124. The molecule has 0 aromatic heterocycles. The van der Waals surface area contributed by atoms with Gasteiger partial charge >= 0.3 is 0 Å². The first-order chi connectivity index (χ1) is 12.7. The molecule has 0 bridgehead atoms. The Bertz CT molecular complexity index is 787. The van der Waals surface area contributed by atoms with Crippen molar-refractivity contribution in [1.29, 1.82) is 0 Å². The normalized spacial score (nSPS) is 15.3. The SMILES string of the molecule is C=CCc1ccc(OCC(=O)N[C@@H]2CCOc3ccccc32)c(OC)c1. The predicted octanol–water partition coefficient (Wildman–Crippen LogP) is 3.44. The van der Waals surface area contributed by atoms with Crippen LogP contribution in [0.2, 0.25) is 0 Å². The molecule has 0 fully saturated rings. The molecular weight excluding hydrogens is 330 g/mol. The number of hydrogen-bond donors (Lipinski definition) is 1. The van der Waals surface area contributed by atoms with Gasteiger partial charge in [0.2, 0.25) is 0 Å². The second-order valence-electron chi connectivity index (χ2n) is 6.06. The summed E-state index contributed by atoms with van der Waals surface area (Å²) < 4.78 is 16.6. The van der Waals surface area contributed by atoms with Gasteiger partial charge in [0.25, 0.3) is 5.91 Å². The minimum atomic E-state index is -0.177. The zero-order valence-corrected chi connectivity index (χ0v) is 14.9. The van der Waals surface area contributed by atoms with Crippen molar-refractivity contribution in [2.24, 2.45) is 0 Å². The lowest BCUT2D eigenvalue weighted by Gasteiger charge is -2.26. The van der Waals surface area contributed by atoms with E-state index in [1.807, 2.05) is 48.5 Å². The quantitative estimate of drug-likeness (QED) is 0.775. The Morgan fingerprint density at radius 3 is 2.96 bits per heavy atom. The number of benzene rings is 2. The number of fused-ring (bicyclic) bond motifs is 1. The number of amides is 1. The van der Waals surface area contributed by atoms with Gasteiger partial charge in [-0.1, -0.05) is 30.3 Å². The van der Waals surface area contributed by atoms with Gasteiger partial charge in [-0.15, -0.1) is 6.58 Å². The van der Waals surface area contributed by atoms with Crippen LogP contribution >= 0.6 is 0 Å². The molecule has 1 heterocycles. The minimum absolute atomic E-state index is 0.0621. The van der Waals surface area contributed by atoms with E-state index in [0.29, 0.717) is 18.1 Å². The van der Waals surface area contributed by atoms with Crippen LogP contribution in [0.3, 0.4) is 0 Å². The molecule has 3 rings (SSSR count). The van der Waals surface area contributed by atoms with Gasteiger partial charge in [-0.3, -0.25) is 4.79 Å². The summed E-state index contributed by atoms with van der Waals surface area (Å²) in [5.74, 6) is 1.80. The number of hydrogen-bond acceptors (Lipinski definition) is 4. The van der Waals surface area contributed by atoms with Crippen LogP contribution in [-0.2, 0) is 11.2 Å². The highest BCUT2D eigenvalue weighted by molar-refractivity contribution is 5.78. The molecule has 0 aliphatic carbocycles. The maximum atomic E-state index is 12.3. The van der Waals surface area contributed by atoms with Crippen LogP contribution in [0.5, 0.6) is 17.2 Å². The Morgan fingerprint density at radius 2 is 2.15 bits per heavy atom. The van der Waals surface area contributed by atoms with Crippen LogP contribution in [0, 0.1) is 0 Å². The van der Waals surface area contributed by atoms with E-state index in [0.717, 1.165) is 29.7 Å². The number of carbonyl (C=O) groups excluding carboxylic acids is 1. The number of allylic oxidation sites excluding steroid dienone is 1. The van der Waals surface area contributed by atoms with Crippen LogP contribution in [-0.4, -0.2) is 26.2 Å². The summed E-state index contributed by atoms with van der Waals surface area (Å²) in [5.41, 5.74) is 2.07. The predicted molar refractivity (Wildman–Crippen MR) is 99.8 cm³/mol. The highest BCUT2D eigenvalue weighted by atomic mass is 16.5. The maximum absolute atomic E-state index is 12.3. The first-order valence-electron chi connectivity index (χ1n) is 8.63. The summed E-state index contributed by atoms with van der Waals surface area (Å²) in [6, 6.07) is 13.3.